The normalized spacial score (nSPS) is 26.3. The van der Waals surface area contributed by atoms with Crippen molar-refractivity contribution in [1.29, 1.82) is 0 Å². The van der Waals surface area contributed by atoms with Gasteiger partial charge in [0, 0.05) is 12.5 Å². The van der Waals surface area contributed by atoms with Crippen molar-refractivity contribution < 1.29 is 17.9 Å². The highest BCUT2D eigenvalue weighted by molar-refractivity contribution is 6.31. The molecule has 0 N–H and O–H groups in total. The Morgan fingerprint density at radius 1 is 1.12 bits per heavy atom. The summed E-state index contributed by atoms with van der Waals surface area (Å²) < 4.78 is 46.2. The molecule has 0 amide bonds. The Hall–Kier alpha value is -1.56. The van der Waals surface area contributed by atoms with E-state index in [0.29, 0.717) is 5.56 Å². The molecule has 2 nitrogen and oxygen atoms in total. The van der Waals surface area contributed by atoms with Gasteiger partial charge in [-0.15, -0.1) is 0 Å². The lowest BCUT2D eigenvalue weighted by Gasteiger charge is -2.44. The Labute approximate surface area is 155 Å². The van der Waals surface area contributed by atoms with Crippen LogP contribution in [0.15, 0.2) is 42.5 Å². The lowest BCUT2D eigenvalue weighted by Crippen LogP contribution is -2.45. The second kappa shape index (κ2) is 6.55. The van der Waals surface area contributed by atoms with E-state index in [2.05, 4.69) is 11.0 Å². The quantitative estimate of drug-likeness (QED) is 0.667. The lowest BCUT2D eigenvalue weighted by molar-refractivity contribution is -0.137. The largest absolute Gasteiger partial charge is 0.417 e. The van der Waals surface area contributed by atoms with Gasteiger partial charge in [-0.2, -0.15) is 13.2 Å². The summed E-state index contributed by atoms with van der Waals surface area (Å²) in [5, 5.41) is -0.291. The summed E-state index contributed by atoms with van der Waals surface area (Å²) >= 11 is 5.78. The number of ether oxygens (including phenoxy) is 1. The first-order chi connectivity index (χ1) is 12.3. The molecule has 138 valence electrons. The third-order valence-corrected chi connectivity index (χ3v) is 5.68. The van der Waals surface area contributed by atoms with Gasteiger partial charge < -0.3 is 9.64 Å². The van der Waals surface area contributed by atoms with Crippen LogP contribution in [0.25, 0.3) is 0 Å². The van der Waals surface area contributed by atoms with Crippen LogP contribution in [0.5, 0.6) is 0 Å². The lowest BCUT2D eigenvalue weighted by atomic mass is 9.79. The molecule has 0 aromatic heterocycles. The van der Waals surface area contributed by atoms with Crippen molar-refractivity contribution in [3.05, 3.63) is 69.7 Å². The number of fused-ring (bicyclic) bond motifs is 3. The number of likely N-dealkylation sites (tertiary alicyclic amines) is 1. The van der Waals surface area contributed by atoms with Crippen LogP contribution in [0.3, 0.4) is 0 Å². The van der Waals surface area contributed by atoms with Crippen molar-refractivity contribution in [3.63, 3.8) is 0 Å². The molecule has 2 heterocycles. The van der Waals surface area contributed by atoms with Gasteiger partial charge in [0.25, 0.3) is 0 Å². The Bertz CT molecular complexity index is 823. The standard InChI is InChI=1S/C20H19ClF3NO/c1-25-9-8-14-13-4-2-3-5-15(13)19(26-18(14)11-25)12-6-7-17(21)16(10-12)20(22,23)24/h2-7,10,14,18-19H,8-9,11H2,1H3/t14-,18-,19?/m0/s1. The first kappa shape index (κ1) is 17.8. The fraction of sp³-hybridized carbons (Fsp3) is 0.400. The van der Waals surface area contributed by atoms with Crippen LogP contribution in [0.4, 0.5) is 13.2 Å². The molecule has 26 heavy (non-hydrogen) atoms. The van der Waals surface area contributed by atoms with E-state index < -0.39 is 17.8 Å². The van der Waals surface area contributed by atoms with Gasteiger partial charge in [-0.25, -0.2) is 0 Å². The highest BCUT2D eigenvalue weighted by atomic mass is 35.5. The average Bonchev–Trinajstić information content (AvgIpc) is 2.60. The third kappa shape index (κ3) is 3.13. The Kier molecular flexibility index (Phi) is 4.49. The molecule has 1 fully saturated rings. The molecule has 1 unspecified atom stereocenters. The topological polar surface area (TPSA) is 12.5 Å². The number of benzene rings is 2. The Morgan fingerprint density at radius 2 is 1.85 bits per heavy atom. The zero-order valence-corrected chi connectivity index (χ0v) is 15.0. The van der Waals surface area contributed by atoms with Crippen LogP contribution in [0.2, 0.25) is 5.02 Å². The van der Waals surface area contributed by atoms with Gasteiger partial charge in [-0.3, -0.25) is 0 Å². The molecule has 2 aromatic rings. The molecular formula is C20H19ClF3NO. The zero-order valence-electron chi connectivity index (χ0n) is 14.3. The van der Waals surface area contributed by atoms with E-state index >= 15 is 0 Å². The summed E-state index contributed by atoms with van der Waals surface area (Å²) in [5.74, 6) is 0.285. The van der Waals surface area contributed by atoms with Crippen LogP contribution in [0, 0.1) is 0 Å². The second-order valence-corrected chi connectivity index (χ2v) is 7.49. The van der Waals surface area contributed by atoms with Gasteiger partial charge in [-0.05, 0) is 48.8 Å². The minimum atomic E-state index is -4.49. The average molecular weight is 382 g/mol. The molecule has 1 saturated heterocycles. The minimum absolute atomic E-state index is 0.0290. The second-order valence-electron chi connectivity index (χ2n) is 7.08. The van der Waals surface area contributed by atoms with Gasteiger partial charge in [0.2, 0.25) is 0 Å². The van der Waals surface area contributed by atoms with Crippen molar-refractivity contribution >= 4 is 11.6 Å². The summed E-state index contributed by atoms with van der Waals surface area (Å²) in [4.78, 5) is 2.20. The first-order valence-corrected chi connectivity index (χ1v) is 9.02. The highest BCUT2D eigenvalue weighted by Gasteiger charge is 2.40. The van der Waals surface area contributed by atoms with Gasteiger partial charge in [0.05, 0.1) is 16.7 Å². The molecular weight excluding hydrogens is 363 g/mol. The third-order valence-electron chi connectivity index (χ3n) is 5.35. The van der Waals surface area contributed by atoms with Crippen molar-refractivity contribution in [2.24, 2.45) is 0 Å². The van der Waals surface area contributed by atoms with Gasteiger partial charge in [0.15, 0.2) is 0 Å². The van der Waals surface area contributed by atoms with Gasteiger partial charge in [0.1, 0.15) is 6.10 Å². The molecule has 2 aliphatic rings. The van der Waals surface area contributed by atoms with Crippen LogP contribution < -0.4 is 0 Å². The highest BCUT2D eigenvalue weighted by Crippen LogP contribution is 2.45. The van der Waals surface area contributed by atoms with E-state index in [0.717, 1.165) is 31.1 Å². The van der Waals surface area contributed by atoms with E-state index in [-0.39, 0.29) is 17.0 Å². The number of piperidine rings is 1. The molecule has 3 atom stereocenters. The van der Waals surface area contributed by atoms with E-state index in [1.165, 1.54) is 11.6 Å². The molecule has 4 rings (SSSR count). The molecule has 2 aromatic carbocycles. The Balaban J connectivity index is 1.79. The van der Waals surface area contributed by atoms with Crippen molar-refractivity contribution in [2.45, 2.75) is 30.7 Å². The number of hydrogen-bond acceptors (Lipinski definition) is 2. The first-order valence-electron chi connectivity index (χ1n) is 8.64. The predicted octanol–water partition coefficient (Wildman–Crippen LogP) is 5.27. The molecule has 6 heteroatoms. The number of alkyl halides is 3. The zero-order chi connectivity index (χ0) is 18.5. The molecule has 0 aliphatic carbocycles. The van der Waals surface area contributed by atoms with Crippen LogP contribution in [-0.4, -0.2) is 31.1 Å². The number of nitrogens with zero attached hydrogens (tertiary/aromatic N) is 1. The van der Waals surface area contributed by atoms with E-state index in [4.69, 9.17) is 16.3 Å². The van der Waals surface area contributed by atoms with Crippen molar-refractivity contribution in [1.82, 2.24) is 4.90 Å². The number of hydrogen-bond donors (Lipinski definition) is 0. The maximum atomic E-state index is 13.3. The van der Waals surface area contributed by atoms with E-state index in [1.807, 2.05) is 25.2 Å². The number of likely N-dealkylation sites (N-methyl/N-ethyl adjacent to an activating group) is 1. The van der Waals surface area contributed by atoms with Crippen LogP contribution in [-0.2, 0) is 10.9 Å². The fourth-order valence-electron chi connectivity index (χ4n) is 4.08. The van der Waals surface area contributed by atoms with Crippen molar-refractivity contribution in [3.8, 4) is 0 Å². The van der Waals surface area contributed by atoms with Gasteiger partial charge in [-0.1, -0.05) is 41.9 Å². The number of halogens is 4. The molecule has 0 saturated carbocycles. The SMILES string of the molecule is CN1CC[C@H]2c3ccccc3C(c3ccc(Cl)c(C(F)(F)F)c3)O[C@H]2C1. The van der Waals surface area contributed by atoms with E-state index in [9.17, 15) is 13.2 Å². The maximum Gasteiger partial charge on any atom is 0.417 e. The summed E-state index contributed by atoms with van der Waals surface area (Å²) in [5.41, 5.74) is 1.81. The van der Waals surface area contributed by atoms with Crippen LogP contribution in [0.1, 0.15) is 40.7 Å². The predicted molar refractivity (Wildman–Crippen MR) is 94.5 cm³/mol. The summed E-state index contributed by atoms with van der Waals surface area (Å²) in [6.07, 6.45) is -4.05. The maximum absolute atomic E-state index is 13.3. The summed E-state index contributed by atoms with van der Waals surface area (Å²) in [6.45, 7) is 1.76. The number of rotatable bonds is 1. The summed E-state index contributed by atoms with van der Waals surface area (Å²) in [6, 6.07) is 12.0. The monoisotopic (exact) mass is 381 g/mol. The minimum Gasteiger partial charge on any atom is -0.364 e. The molecule has 0 spiro atoms. The molecule has 2 aliphatic heterocycles. The van der Waals surface area contributed by atoms with E-state index in [1.54, 1.807) is 6.07 Å². The fourth-order valence-corrected chi connectivity index (χ4v) is 4.31. The van der Waals surface area contributed by atoms with Crippen LogP contribution >= 0.6 is 11.6 Å². The Morgan fingerprint density at radius 3 is 2.58 bits per heavy atom. The van der Waals surface area contributed by atoms with Crippen molar-refractivity contribution in [2.75, 3.05) is 20.1 Å². The van der Waals surface area contributed by atoms with Gasteiger partial charge >= 0.3 is 6.18 Å². The molecule has 0 radical (unpaired) electrons. The summed E-state index contributed by atoms with van der Waals surface area (Å²) in [7, 11) is 2.04. The molecule has 0 bridgehead atoms. The smallest absolute Gasteiger partial charge is 0.364 e.